The molecule has 0 amide bonds. The molecule has 0 bridgehead atoms. The van der Waals surface area contributed by atoms with Crippen molar-refractivity contribution in [1.29, 1.82) is 0 Å². The van der Waals surface area contributed by atoms with Gasteiger partial charge in [0, 0.05) is 49.6 Å². The Morgan fingerprint density at radius 3 is 1.45 bits per heavy atom. The van der Waals surface area contributed by atoms with Gasteiger partial charge in [-0.1, -0.05) is 170 Å². The van der Waals surface area contributed by atoms with Gasteiger partial charge in [0.05, 0.1) is 22.1 Å². The highest BCUT2D eigenvalue weighted by atomic mass is 15.0. The summed E-state index contributed by atoms with van der Waals surface area (Å²) in [4.78, 5) is 15.3. The molecule has 0 saturated carbocycles. The Bertz CT molecular complexity index is 3860. The van der Waals surface area contributed by atoms with Crippen LogP contribution in [0.3, 0.4) is 0 Å². The first kappa shape index (κ1) is 36.0. The van der Waals surface area contributed by atoms with Crippen LogP contribution in [0.25, 0.3) is 122 Å². The van der Waals surface area contributed by atoms with Crippen LogP contribution in [0.1, 0.15) is 0 Å². The number of hydrogen-bond donors (Lipinski definition) is 0. The van der Waals surface area contributed by atoms with E-state index in [-0.39, 0.29) is 0 Å². The van der Waals surface area contributed by atoms with E-state index >= 15 is 0 Å². The lowest BCUT2D eigenvalue weighted by Crippen LogP contribution is -2.00. The molecule has 64 heavy (non-hydrogen) atoms. The number of para-hydroxylation sites is 3. The first-order chi connectivity index (χ1) is 31.7. The van der Waals surface area contributed by atoms with E-state index < -0.39 is 0 Å². The van der Waals surface area contributed by atoms with E-state index in [1.807, 2.05) is 0 Å². The van der Waals surface area contributed by atoms with E-state index in [1.54, 1.807) is 0 Å². The fourth-order valence-corrected chi connectivity index (χ4v) is 9.69. The van der Waals surface area contributed by atoms with Gasteiger partial charge in [-0.15, -0.1) is 0 Å². The normalized spacial score (nSPS) is 11.8. The average Bonchev–Trinajstić information content (AvgIpc) is 3.89. The number of hydrogen-bond acceptors (Lipinski definition) is 3. The maximum Gasteiger partial charge on any atom is 0.164 e. The standard InChI is InChI=1S/C59H37N5/c1-2-18-47(19-3-1)63-53-24-11-9-22-51(53)55-54(63)34-33-50-49-21-8-10-23-52(49)64(56(50)55)48-20-12-17-44(37-48)40-25-29-41(30-26-40)57-60-58(45-31-27-38-13-4-6-15-42(38)35-45)62-59(61-57)46-32-28-39-14-5-7-16-43(39)36-46/h1-37H. The van der Waals surface area contributed by atoms with Crippen LogP contribution in [-0.2, 0) is 0 Å². The molecule has 0 saturated heterocycles. The predicted octanol–water partition coefficient (Wildman–Crippen LogP) is 15.0. The molecule has 0 atom stereocenters. The van der Waals surface area contributed by atoms with Crippen LogP contribution >= 0.6 is 0 Å². The third kappa shape index (κ3) is 5.83. The minimum absolute atomic E-state index is 0.630. The molecule has 0 unspecified atom stereocenters. The Hall–Kier alpha value is -8.67. The fraction of sp³-hybridized carbons (Fsp3) is 0. The van der Waals surface area contributed by atoms with E-state index in [1.165, 1.54) is 54.4 Å². The summed E-state index contributed by atoms with van der Waals surface area (Å²) in [6.07, 6.45) is 0. The van der Waals surface area contributed by atoms with E-state index in [2.05, 4.69) is 234 Å². The molecule has 3 aromatic heterocycles. The van der Waals surface area contributed by atoms with Crippen molar-refractivity contribution >= 4 is 65.2 Å². The largest absolute Gasteiger partial charge is 0.309 e. The Morgan fingerprint density at radius 1 is 0.266 bits per heavy atom. The maximum atomic E-state index is 5.12. The highest BCUT2D eigenvalue weighted by molar-refractivity contribution is 6.26. The first-order valence-corrected chi connectivity index (χ1v) is 21.7. The number of fused-ring (bicyclic) bond motifs is 9. The van der Waals surface area contributed by atoms with E-state index in [0.29, 0.717) is 17.5 Å². The van der Waals surface area contributed by atoms with Crippen molar-refractivity contribution in [3.8, 4) is 56.7 Å². The minimum Gasteiger partial charge on any atom is -0.309 e. The van der Waals surface area contributed by atoms with Crippen molar-refractivity contribution in [3.63, 3.8) is 0 Å². The van der Waals surface area contributed by atoms with Crippen molar-refractivity contribution in [1.82, 2.24) is 24.1 Å². The number of benzene rings is 10. The van der Waals surface area contributed by atoms with Crippen LogP contribution < -0.4 is 0 Å². The van der Waals surface area contributed by atoms with Crippen molar-refractivity contribution < 1.29 is 0 Å². The minimum atomic E-state index is 0.630. The first-order valence-electron chi connectivity index (χ1n) is 21.7. The van der Waals surface area contributed by atoms with Gasteiger partial charge >= 0.3 is 0 Å². The maximum absolute atomic E-state index is 5.12. The second-order valence-electron chi connectivity index (χ2n) is 16.5. The Labute approximate surface area is 368 Å². The molecule has 0 aliphatic carbocycles. The molecule has 0 N–H and O–H groups in total. The summed E-state index contributed by atoms with van der Waals surface area (Å²) in [6.45, 7) is 0. The molecule has 13 rings (SSSR count). The summed E-state index contributed by atoms with van der Waals surface area (Å²) >= 11 is 0. The molecule has 13 aromatic rings. The van der Waals surface area contributed by atoms with Crippen molar-refractivity contribution in [2.24, 2.45) is 0 Å². The predicted molar refractivity (Wildman–Crippen MR) is 265 cm³/mol. The molecule has 0 radical (unpaired) electrons. The summed E-state index contributed by atoms with van der Waals surface area (Å²) in [6, 6.07) is 80.0. The average molecular weight is 816 g/mol. The molecule has 5 nitrogen and oxygen atoms in total. The molecular formula is C59H37N5. The summed E-state index contributed by atoms with van der Waals surface area (Å²) in [5.41, 5.74) is 12.1. The number of nitrogens with zero attached hydrogens (tertiary/aromatic N) is 5. The summed E-state index contributed by atoms with van der Waals surface area (Å²) < 4.78 is 4.85. The zero-order valence-electron chi connectivity index (χ0n) is 34.6. The van der Waals surface area contributed by atoms with Gasteiger partial charge in [-0.3, -0.25) is 0 Å². The third-order valence-electron chi connectivity index (χ3n) is 12.7. The molecular weight excluding hydrogens is 779 g/mol. The van der Waals surface area contributed by atoms with Crippen molar-refractivity contribution in [2.75, 3.05) is 0 Å². The fourth-order valence-electron chi connectivity index (χ4n) is 9.69. The summed E-state index contributed by atoms with van der Waals surface area (Å²) in [7, 11) is 0. The summed E-state index contributed by atoms with van der Waals surface area (Å²) in [5, 5.41) is 9.58. The molecule has 0 aliphatic rings. The zero-order valence-corrected chi connectivity index (χ0v) is 34.6. The van der Waals surface area contributed by atoms with Gasteiger partial charge in [-0.2, -0.15) is 0 Å². The lowest BCUT2D eigenvalue weighted by Gasteiger charge is -2.12. The van der Waals surface area contributed by atoms with Gasteiger partial charge in [0.2, 0.25) is 0 Å². The zero-order chi connectivity index (χ0) is 42.1. The number of rotatable bonds is 6. The van der Waals surface area contributed by atoms with E-state index in [0.717, 1.165) is 50.0 Å². The molecule has 3 heterocycles. The lowest BCUT2D eigenvalue weighted by atomic mass is 10.0. The highest BCUT2D eigenvalue weighted by Crippen LogP contribution is 2.42. The van der Waals surface area contributed by atoms with Gasteiger partial charge in [-0.25, -0.2) is 15.0 Å². The second kappa shape index (κ2) is 14.5. The molecule has 0 spiro atoms. The van der Waals surface area contributed by atoms with Gasteiger partial charge in [0.15, 0.2) is 17.5 Å². The van der Waals surface area contributed by atoms with Crippen LogP contribution in [0.5, 0.6) is 0 Å². The van der Waals surface area contributed by atoms with E-state index in [9.17, 15) is 0 Å². The van der Waals surface area contributed by atoms with Crippen LogP contribution in [0.4, 0.5) is 0 Å². The van der Waals surface area contributed by atoms with Crippen molar-refractivity contribution in [3.05, 3.63) is 224 Å². The highest BCUT2D eigenvalue weighted by Gasteiger charge is 2.21. The van der Waals surface area contributed by atoms with E-state index in [4.69, 9.17) is 15.0 Å². The SMILES string of the molecule is c1ccc(-n2c3ccccc3c3c2ccc2c4ccccc4n(-c4cccc(-c5ccc(-c6nc(-c7ccc8ccccc8c7)nc(-c7ccc8ccccc8c7)n6)cc5)c4)c23)cc1. The van der Waals surface area contributed by atoms with Gasteiger partial charge in [0.25, 0.3) is 0 Å². The molecule has 0 fully saturated rings. The second-order valence-corrected chi connectivity index (χ2v) is 16.5. The van der Waals surface area contributed by atoms with Gasteiger partial charge in [0.1, 0.15) is 0 Å². The Morgan fingerprint density at radius 2 is 0.781 bits per heavy atom. The van der Waals surface area contributed by atoms with Gasteiger partial charge in [-0.05, 0) is 87.3 Å². The Kier molecular flexibility index (Phi) is 8.15. The summed E-state index contributed by atoms with van der Waals surface area (Å²) in [5.74, 6) is 1.91. The molecule has 10 aromatic carbocycles. The quantitative estimate of drug-likeness (QED) is 0.168. The van der Waals surface area contributed by atoms with Gasteiger partial charge < -0.3 is 9.13 Å². The molecule has 0 aliphatic heterocycles. The third-order valence-corrected chi connectivity index (χ3v) is 12.7. The van der Waals surface area contributed by atoms with Crippen LogP contribution in [-0.4, -0.2) is 24.1 Å². The number of aromatic nitrogens is 5. The van der Waals surface area contributed by atoms with Crippen LogP contribution in [0, 0.1) is 0 Å². The Balaban J connectivity index is 0.941. The van der Waals surface area contributed by atoms with Crippen LogP contribution in [0.15, 0.2) is 224 Å². The van der Waals surface area contributed by atoms with Crippen molar-refractivity contribution in [2.45, 2.75) is 0 Å². The molecule has 298 valence electrons. The monoisotopic (exact) mass is 815 g/mol. The van der Waals surface area contributed by atoms with Crippen LogP contribution in [0.2, 0.25) is 0 Å². The smallest absolute Gasteiger partial charge is 0.164 e. The topological polar surface area (TPSA) is 48.5 Å². The lowest BCUT2D eigenvalue weighted by molar-refractivity contribution is 1.08. The molecule has 5 heteroatoms.